The number of rotatable bonds is 5. The molecule has 0 aliphatic carbocycles. The maximum atomic E-state index is 9.82. The Morgan fingerprint density at radius 2 is 1.25 bits per heavy atom. The number of carboxylic acids is 1. The average Bonchev–Trinajstić information content (AvgIpc) is 2.30. The van der Waals surface area contributed by atoms with Gasteiger partial charge in [-0.2, -0.15) is 0 Å². The van der Waals surface area contributed by atoms with Crippen LogP contribution in [0.1, 0.15) is 66.7 Å². The zero-order valence-electron chi connectivity index (χ0n) is 13.4. The second-order valence-electron chi connectivity index (χ2n) is 3.61. The van der Waals surface area contributed by atoms with Crippen molar-refractivity contribution in [2.24, 2.45) is 0 Å². The number of aliphatic carboxylic acids is 1. The fourth-order valence-corrected chi connectivity index (χ4v) is 0.880. The molecule has 20 heavy (non-hydrogen) atoms. The van der Waals surface area contributed by atoms with E-state index in [-0.39, 0.29) is 11.3 Å². The van der Waals surface area contributed by atoms with Gasteiger partial charge in [0.25, 0.3) is 5.97 Å². The Hall–Kier alpha value is -0.480. The third-order valence-electron chi connectivity index (χ3n) is 1.55. The average molecular weight is 333 g/mol. The molecule has 0 bridgehead atoms. The van der Waals surface area contributed by atoms with Crippen molar-refractivity contribution in [2.75, 3.05) is 11.9 Å². The molecule has 0 rings (SSSR count). The highest BCUT2D eigenvalue weighted by Crippen LogP contribution is 2.00. The van der Waals surface area contributed by atoms with Gasteiger partial charge >= 0.3 is 5.97 Å². The highest BCUT2D eigenvalue weighted by atomic mass is 35.5. The van der Waals surface area contributed by atoms with Crippen LogP contribution in [0.5, 0.6) is 0 Å². The van der Waals surface area contributed by atoms with Gasteiger partial charge in [-0.25, -0.2) is 0 Å². The van der Waals surface area contributed by atoms with Gasteiger partial charge in [-0.15, -0.1) is 23.2 Å². The molecule has 0 saturated heterocycles. The van der Waals surface area contributed by atoms with E-state index in [0.29, 0.717) is 6.61 Å². The monoisotopic (exact) mass is 332 g/mol. The van der Waals surface area contributed by atoms with Gasteiger partial charge in [0.15, 0.2) is 0 Å². The first-order chi connectivity index (χ1) is 9.33. The molecule has 0 fully saturated rings. The molecule has 0 saturated carbocycles. The number of carbonyl (C=O) groups excluding carboxylic acids is 1. The van der Waals surface area contributed by atoms with E-state index in [0.717, 1.165) is 6.92 Å². The number of ether oxygens (including phenoxy) is 1. The minimum atomic E-state index is -0.833. The van der Waals surface area contributed by atoms with E-state index in [9.17, 15) is 4.79 Å². The van der Waals surface area contributed by atoms with Gasteiger partial charge in [0.1, 0.15) is 0 Å². The summed E-state index contributed by atoms with van der Waals surface area (Å²) in [5.74, 6) is -1.04. The smallest absolute Gasteiger partial charge is 0.302 e. The lowest BCUT2D eigenvalue weighted by Gasteiger charge is -1.90. The molecule has 0 amide bonds. The molecule has 0 spiro atoms. The molecule has 0 radical (unpaired) electrons. The lowest BCUT2D eigenvalue weighted by molar-refractivity contribution is -0.140. The van der Waals surface area contributed by atoms with Gasteiger partial charge in [0.05, 0.1) is 11.9 Å². The van der Waals surface area contributed by atoms with Crippen molar-refractivity contribution in [2.45, 2.75) is 66.7 Å². The molecule has 0 aromatic carbocycles. The first kappa shape index (κ1) is 27.8. The van der Waals surface area contributed by atoms with Gasteiger partial charge in [-0.3, -0.25) is 9.59 Å². The topological polar surface area (TPSA) is 63.6 Å². The number of carbonyl (C=O) groups is 2. The summed E-state index contributed by atoms with van der Waals surface area (Å²) in [4.78, 5) is 18.8. The Morgan fingerprint density at radius 3 is 1.35 bits per heavy atom. The third-order valence-corrected chi connectivity index (χ3v) is 1.55. The lowest BCUT2D eigenvalue weighted by atomic mass is 10.2. The zero-order chi connectivity index (χ0) is 16.8. The number of unbranched alkanes of at least 4 members (excludes halogenated alkanes) is 4. The van der Waals surface area contributed by atoms with Crippen molar-refractivity contribution in [1.82, 2.24) is 0 Å². The van der Waals surface area contributed by atoms with Crippen LogP contribution in [-0.2, 0) is 14.3 Å². The maximum absolute atomic E-state index is 9.82. The Labute approximate surface area is 133 Å². The second-order valence-corrected chi connectivity index (χ2v) is 4.41. The van der Waals surface area contributed by atoms with Crippen LogP contribution in [0.3, 0.4) is 0 Å². The normalized spacial score (nSPS) is 7.75. The summed E-state index contributed by atoms with van der Waals surface area (Å²) in [6.45, 7) is 9.23. The molecule has 0 aromatic heterocycles. The van der Waals surface area contributed by atoms with Crippen molar-refractivity contribution in [3.8, 4) is 0 Å². The highest BCUT2D eigenvalue weighted by molar-refractivity contribution is 6.40. The van der Waals surface area contributed by atoms with Crippen LogP contribution in [0, 0.1) is 0 Å². The Balaban J connectivity index is -0.0000000899. The molecular weight excluding hydrogens is 303 g/mol. The first-order valence-electron chi connectivity index (χ1n) is 6.78. The standard InChI is InChI=1S/C7H16.C4H8O2.C2H4O2.CH2Cl2/c1-3-5-7-6-4-2;1-3-6-4(2)5;1-2(3)4;2-1-3/h3-7H2,1-2H3;3H2,1-2H3;1H3,(H,3,4);1H2. The molecule has 4 nitrogen and oxygen atoms in total. The minimum Gasteiger partial charge on any atom is -0.481 e. The molecule has 0 atom stereocenters. The Bertz CT molecular complexity index is 180. The van der Waals surface area contributed by atoms with E-state index >= 15 is 0 Å². The van der Waals surface area contributed by atoms with Gasteiger partial charge in [0.2, 0.25) is 0 Å². The number of alkyl halides is 2. The van der Waals surface area contributed by atoms with Crippen molar-refractivity contribution < 1.29 is 19.4 Å². The van der Waals surface area contributed by atoms with E-state index in [1.165, 1.54) is 39.0 Å². The molecule has 6 heteroatoms. The summed E-state index contributed by atoms with van der Waals surface area (Å²) in [6, 6.07) is 0. The molecule has 124 valence electrons. The number of esters is 1. The number of hydrogen-bond acceptors (Lipinski definition) is 3. The zero-order valence-corrected chi connectivity index (χ0v) is 14.9. The fourth-order valence-electron chi connectivity index (χ4n) is 0.880. The summed E-state index contributed by atoms with van der Waals surface area (Å²) < 4.78 is 4.40. The molecule has 0 aliphatic rings. The fraction of sp³-hybridized carbons (Fsp3) is 0.857. The summed E-state index contributed by atoms with van der Waals surface area (Å²) in [7, 11) is 0. The minimum absolute atomic E-state index is 0.194. The van der Waals surface area contributed by atoms with E-state index in [1.807, 2.05) is 0 Å². The van der Waals surface area contributed by atoms with Gasteiger partial charge in [-0.05, 0) is 6.92 Å². The van der Waals surface area contributed by atoms with Crippen molar-refractivity contribution in [1.29, 1.82) is 0 Å². The molecule has 0 aliphatic heterocycles. The van der Waals surface area contributed by atoms with E-state index in [1.54, 1.807) is 6.92 Å². The van der Waals surface area contributed by atoms with Crippen LogP contribution in [0.2, 0.25) is 0 Å². The van der Waals surface area contributed by atoms with Gasteiger partial charge < -0.3 is 9.84 Å². The summed E-state index contributed by atoms with van der Waals surface area (Å²) in [5, 5.41) is 7.61. The van der Waals surface area contributed by atoms with Crippen LogP contribution in [0.15, 0.2) is 0 Å². The molecule has 0 heterocycles. The predicted octanol–water partition coefficient (Wildman–Crippen LogP) is 5.06. The number of hydrogen-bond donors (Lipinski definition) is 1. The summed E-state index contributed by atoms with van der Waals surface area (Å²) in [6.07, 6.45) is 7.01. The van der Waals surface area contributed by atoms with Gasteiger partial charge in [-0.1, -0.05) is 46.0 Å². The first-order valence-corrected chi connectivity index (χ1v) is 7.85. The van der Waals surface area contributed by atoms with Gasteiger partial charge in [0, 0.05) is 13.8 Å². The molecule has 1 N–H and O–H groups in total. The Morgan fingerprint density at radius 1 is 0.950 bits per heavy atom. The van der Waals surface area contributed by atoms with Crippen LogP contribution in [0.4, 0.5) is 0 Å². The van der Waals surface area contributed by atoms with Crippen molar-refractivity contribution in [3.05, 3.63) is 0 Å². The molecular formula is C14H30Cl2O4. The SMILES string of the molecule is CC(=O)O.CCCCCCC.CCOC(C)=O.ClCCl. The lowest BCUT2D eigenvalue weighted by Crippen LogP contribution is -1.95. The quantitative estimate of drug-likeness (QED) is 0.434. The Kier molecular flexibility index (Phi) is 43.2. The summed E-state index contributed by atoms with van der Waals surface area (Å²) >= 11 is 9.53. The number of carboxylic acid groups (broad SMARTS) is 1. The van der Waals surface area contributed by atoms with Crippen LogP contribution >= 0.6 is 23.2 Å². The highest BCUT2D eigenvalue weighted by Gasteiger charge is 1.81. The van der Waals surface area contributed by atoms with E-state index in [4.69, 9.17) is 33.1 Å². The summed E-state index contributed by atoms with van der Waals surface area (Å²) in [5.41, 5.74) is 0. The molecule has 0 aromatic rings. The largest absolute Gasteiger partial charge is 0.481 e. The maximum Gasteiger partial charge on any atom is 0.302 e. The van der Waals surface area contributed by atoms with Crippen LogP contribution in [-0.4, -0.2) is 29.0 Å². The third kappa shape index (κ3) is 112. The van der Waals surface area contributed by atoms with Crippen LogP contribution in [0.25, 0.3) is 0 Å². The van der Waals surface area contributed by atoms with E-state index in [2.05, 4.69) is 18.6 Å². The predicted molar refractivity (Wildman–Crippen MR) is 86.6 cm³/mol. The molecule has 0 unspecified atom stereocenters. The van der Waals surface area contributed by atoms with Crippen molar-refractivity contribution >= 4 is 35.1 Å². The van der Waals surface area contributed by atoms with E-state index < -0.39 is 5.97 Å². The number of halogens is 2. The van der Waals surface area contributed by atoms with Crippen molar-refractivity contribution in [3.63, 3.8) is 0 Å². The second kappa shape index (κ2) is 31.1. The van der Waals surface area contributed by atoms with Crippen LogP contribution < -0.4 is 0 Å².